The van der Waals surface area contributed by atoms with E-state index in [1.165, 1.54) is 19.1 Å². The van der Waals surface area contributed by atoms with Crippen molar-refractivity contribution in [2.75, 3.05) is 18.2 Å². The third kappa shape index (κ3) is 3.81. The lowest BCUT2D eigenvalue weighted by Crippen LogP contribution is -2.47. The molecule has 11 heteroatoms. The molecule has 0 aromatic heterocycles. The number of ether oxygens (including phenoxy) is 2. The minimum atomic E-state index is -4.87. The fourth-order valence-corrected chi connectivity index (χ4v) is 3.91. The Bertz CT molecular complexity index is 1050. The number of alkyl halides is 3. The number of phenols is 1. The Balaban J connectivity index is 2.09. The van der Waals surface area contributed by atoms with Gasteiger partial charge in [-0.3, -0.25) is 4.79 Å². The zero-order valence-corrected chi connectivity index (χ0v) is 17.3. The number of phenolic OH excluding ortho intramolecular Hbond substituents is 1. The van der Waals surface area contributed by atoms with E-state index in [0.717, 1.165) is 32.2 Å². The maximum absolute atomic E-state index is 14.3. The van der Waals surface area contributed by atoms with Crippen LogP contribution < -0.4 is 15.8 Å². The van der Waals surface area contributed by atoms with Crippen LogP contribution in [0.3, 0.4) is 0 Å². The number of carbonyl (C=O) groups excluding carboxylic acids is 1. The number of nitrogen functional groups attached to an aromatic ring is 1. The Kier molecular flexibility index (Phi) is 5.98. The highest BCUT2D eigenvalue weighted by Gasteiger charge is 2.65. The van der Waals surface area contributed by atoms with Crippen molar-refractivity contribution in [3.8, 4) is 11.5 Å². The number of halogens is 5. The Morgan fingerprint density at radius 2 is 1.91 bits per heavy atom. The van der Waals surface area contributed by atoms with Gasteiger partial charge in [-0.25, -0.2) is 4.39 Å². The Morgan fingerprint density at radius 3 is 2.47 bits per heavy atom. The quantitative estimate of drug-likeness (QED) is 0.359. The number of benzene rings is 2. The summed E-state index contributed by atoms with van der Waals surface area (Å²) in [4.78, 5) is 13.0. The maximum Gasteiger partial charge on any atom is 0.417 e. The first kappa shape index (κ1) is 23.6. The summed E-state index contributed by atoms with van der Waals surface area (Å²) in [5, 5.41) is 11.8. The molecular formula is C21H21F5N2O4. The maximum atomic E-state index is 14.3. The molecule has 1 heterocycles. The molecule has 3 rings (SSSR count). The lowest BCUT2D eigenvalue weighted by Gasteiger charge is -2.32. The van der Waals surface area contributed by atoms with E-state index in [-0.39, 0.29) is 22.7 Å². The summed E-state index contributed by atoms with van der Waals surface area (Å²) in [6, 6.07) is 5.44. The van der Waals surface area contributed by atoms with Gasteiger partial charge in [0.1, 0.15) is 11.9 Å². The second kappa shape index (κ2) is 8.12. The number of aromatic hydroxyl groups is 1. The number of hydrogen-bond donors (Lipinski definition) is 3. The van der Waals surface area contributed by atoms with E-state index in [1.54, 1.807) is 0 Å². The zero-order valence-electron chi connectivity index (χ0n) is 17.3. The van der Waals surface area contributed by atoms with Crippen molar-refractivity contribution in [1.29, 1.82) is 0 Å². The summed E-state index contributed by atoms with van der Waals surface area (Å²) in [7, 11) is 1.04. The number of rotatable bonds is 4. The summed E-state index contributed by atoms with van der Waals surface area (Å²) < 4.78 is 80.0. The molecule has 1 fully saturated rings. The molecule has 0 radical (unpaired) electrons. The van der Waals surface area contributed by atoms with Gasteiger partial charge in [0.15, 0.2) is 17.2 Å². The molecule has 2 aromatic carbocycles. The van der Waals surface area contributed by atoms with Crippen LogP contribution in [-0.2, 0) is 9.53 Å². The summed E-state index contributed by atoms with van der Waals surface area (Å²) in [5.74, 6) is -7.15. The average molecular weight is 460 g/mol. The molecular weight excluding hydrogens is 439 g/mol. The van der Waals surface area contributed by atoms with Gasteiger partial charge >= 0.3 is 6.18 Å². The fourth-order valence-electron chi connectivity index (χ4n) is 3.91. The molecule has 1 amide bonds. The van der Waals surface area contributed by atoms with Crippen molar-refractivity contribution in [2.45, 2.75) is 37.6 Å². The first-order chi connectivity index (χ1) is 14.8. The van der Waals surface area contributed by atoms with Gasteiger partial charge in [-0.05, 0) is 25.1 Å². The van der Waals surface area contributed by atoms with Crippen molar-refractivity contribution in [3.63, 3.8) is 0 Å². The molecule has 0 saturated carbocycles. The number of nitrogens with one attached hydrogen (secondary N) is 1. The van der Waals surface area contributed by atoms with Crippen molar-refractivity contribution in [2.24, 2.45) is 5.92 Å². The number of methoxy groups -OCH3 is 1. The third-order valence-corrected chi connectivity index (χ3v) is 5.86. The van der Waals surface area contributed by atoms with Gasteiger partial charge in [0.2, 0.25) is 5.82 Å². The van der Waals surface area contributed by atoms with Crippen LogP contribution in [0, 0.1) is 17.6 Å². The zero-order chi connectivity index (χ0) is 24.0. The molecule has 6 nitrogen and oxygen atoms in total. The van der Waals surface area contributed by atoms with Crippen LogP contribution in [0.1, 0.15) is 25.3 Å². The molecule has 4 atom stereocenters. The van der Waals surface area contributed by atoms with Crippen molar-refractivity contribution in [1.82, 2.24) is 0 Å². The highest BCUT2D eigenvalue weighted by Crippen LogP contribution is 2.55. The van der Waals surface area contributed by atoms with Gasteiger partial charge in [0, 0.05) is 23.5 Å². The van der Waals surface area contributed by atoms with E-state index in [9.17, 15) is 31.9 Å². The standard InChI is InChI=1S/C21H21F5N2O4/c1-9-15(11-5-6-12(22)16(23)17(11)31-3)18(32-20(9,2)21(24,25)26)19(30)28-14-7-4-10(29)8-13(14)27/h4-9,15,18,29H,27H2,1-3H3,(H,28,30)/t9-,15-,18+,20+/m0/s1. The van der Waals surface area contributed by atoms with Crippen LogP contribution in [0.4, 0.5) is 33.3 Å². The SMILES string of the molecule is COc1c([C@H]2[C@H](C(=O)Nc3ccc(O)cc3N)O[C@@](C)(C(F)(F)F)[C@H]2C)ccc(F)c1F. The van der Waals surface area contributed by atoms with Crippen molar-refractivity contribution < 1.29 is 41.3 Å². The van der Waals surface area contributed by atoms with E-state index in [4.69, 9.17) is 15.2 Å². The number of carbonyl (C=O) groups is 1. The van der Waals surface area contributed by atoms with Crippen LogP contribution in [0.2, 0.25) is 0 Å². The van der Waals surface area contributed by atoms with Gasteiger partial charge < -0.3 is 25.6 Å². The number of amides is 1. The summed E-state index contributed by atoms with van der Waals surface area (Å²) in [6.07, 6.45) is -6.62. The number of hydrogen-bond acceptors (Lipinski definition) is 5. The topological polar surface area (TPSA) is 93.8 Å². The lowest BCUT2D eigenvalue weighted by molar-refractivity contribution is -0.272. The van der Waals surface area contributed by atoms with Gasteiger partial charge in [0.05, 0.1) is 18.5 Å². The van der Waals surface area contributed by atoms with Gasteiger partial charge in [0.25, 0.3) is 5.91 Å². The Hall–Kier alpha value is -3.08. The van der Waals surface area contributed by atoms with Crippen LogP contribution in [0.5, 0.6) is 11.5 Å². The molecule has 0 bridgehead atoms. The molecule has 174 valence electrons. The van der Waals surface area contributed by atoms with Crippen LogP contribution >= 0.6 is 0 Å². The molecule has 4 N–H and O–H groups in total. The predicted octanol–water partition coefficient (Wildman–Crippen LogP) is 4.34. The monoisotopic (exact) mass is 460 g/mol. The van der Waals surface area contributed by atoms with Crippen LogP contribution in [0.25, 0.3) is 0 Å². The summed E-state index contributed by atoms with van der Waals surface area (Å²) in [5.41, 5.74) is 2.82. The Morgan fingerprint density at radius 1 is 1.25 bits per heavy atom. The van der Waals surface area contributed by atoms with Gasteiger partial charge in [-0.2, -0.15) is 17.6 Å². The highest BCUT2D eigenvalue weighted by molar-refractivity contribution is 5.98. The first-order valence-electron chi connectivity index (χ1n) is 9.47. The summed E-state index contributed by atoms with van der Waals surface area (Å²) >= 11 is 0. The third-order valence-electron chi connectivity index (χ3n) is 5.86. The van der Waals surface area contributed by atoms with Gasteiger partial charge in [-0.1, -0.05) is 13.0 Å². The lowest BCUT2D eigenvalue weighted by atomic mass is 9.77. The minimum absolute atomic E-state index is 0.0284. The minimum Gasteiger partial charge on any atom is -0.508 e. The van der Waals surface area contributed by atoms with Crippen LogP contribution in [0.15, 0.2) is 30.3 Å². The first-order valence-corrected chi connectivity index (χ1v) is 9.47. The predicted molar refractivity (Wildman–Crippen MR) is 105 cm³/mol. The fraction of sp³-hybridized carbons (Fsp3) is 0.381. The van der Waals surface area contributed by atoms with E-state index >= 15 is 0 Å². The largest absolute Gasteiger partial charge is 0.508 e. The van der Waals surface area contributed by atoms with E-state index < -0.39 is 53.0 Å². The van der Waals surface area contributed by atoms with Crippen molar-refractivity contribution >= 4 is 17.3 Å². The smallest absolute Gasteiger partial charge is 0.417 e. The van der Waals surface area contributed by atoms with Crippen LogP contribution in [-0.4, -0.2) is 36.0 Å². The molecule has 1 saturated heterocycles. The molecule has 2 aromatic rings. The number of nitrogens with two attached hydrogens (primary N) is 1. The normalized spacial score (nSPS) is 25.6. The molecule has 1 aliphatic heterocycles. The second-order valence-corrected chi connectivity index (χ2v) is 7.70. The van der Waals surface area contributed by atoms with E-state index in [0.29, 0.717) is 0 Å². The van der Waals surface area contributed by atoms with E-state index in [1.807, 2.05) is 0 Å². The summed E-state index contributed by atoms with van der Waals surface area (Å²) in [6.45, 7) is 2.00. The highest BCUT2D eigenvalue weighted by atomic mass is 19.4. The average Bonchev–Trinajstić information content (AvgIpc) is 2.98. The Labute approximate surface area is 180 Å². The molecule has 1 aliphatic rings. The molecule has 32 heavy (non-hydrogen) atoms. The second-order valence-electron chi connectivity index (χ2n) is 7.70. The molecule has 0 spiro atoms. The van der Waals surface area contributed by atoms with Crippen molar-refractivity contribution in [3.05, 3.63) is 47.5 Å². The van der Waals surface area contributed by atoms with Gasteiger partial charge in [-0.15, -0.1) is 0 Å². The van der Waals surface area contributed by atoms with E-state index in [2.05, 4.69) is 5.32 Å². The molecule has 0 unspecified atom stereocenters. The number of anilines is 2. The molecule has 0 aliphatic carbocycles.